The van der Waals surface area contributed by atoms with E-state index >= 15 is 0 Å². The molecule has 122 valence electrons. The van der Waals surface area contributed by atoms with Crippen molar-refractivity contribution >= 4 is 6.09 Å². The Bertz CT molecular complexity index is 511. The zero-order chi connectivity index (χ0) is 16.2. The maximum absolute atomic E-state index is 11.9. The molecule has 1 saturated carbocycles. The Balaban J connectivity index is 1.84. The van der Waals surface area contributed by atoms with Crippen LogP contribution in [0.25, 0.3) is 0 Å². The second kappa shape index (κ2) is 7.09. The first-order valence-corrected chi connectivity index (χ1v) is 7.99. The molecule has 22 heavy (non-hydrogen) atoms. The Morgan fingerprint density at radius 1 is 1.32 bits per heavy atom. The van der Waals surface area contributed by atoms with E-state index in [0.717, 1.165) is 37.2 Å². The molecule has 0 saturated heterocycles. The lowest BCUT2D eigenvalue weighted by molar-refractivity contribution is 0.0498. The minimum atomic E-state index is -0.461. The number of amides is 1. The number of hydrogen-bond donors (Lipinski definition) is 2. The van der Waals surface area contributed by atoms with Crippen LogP contribution in [0.1, 0.15) is 51.4 Å². The number of nitrogens with one attached hydrogen (secondary N) is 2. The van der Waals surface area contributed by atoms with Crippen LogP contribution >= 0.6 is 0 Å². The van der Waals surface area contributed by atoms with Crippen LogP contribution in [-0.4, -0.2) is 28.8 Å². The van der Waals surface area contributed by atoms with Crippen molar-refractivity contribution in [2.75, 3.05) is 0 Å². The van der Waals surface area contributed by atoms with Crippen molar-refractivity contribution in [3.63, 3.8) is 0 Å². The number of rotatable bonds is 4. The van der Waals surface area contributed by atoms with E-state index in [2.05, 4.69) is 15.6 Å². The summed E-state index contributed by atoms with van der Waals surface area (Å²) in [5.74, 6) is 0. The number of aromatic nitrogens is 1. The van der Waals surface area contributed by atoms with Gasteiger partial charge < -0.3 is 15.4 Å². The maximum Gasteiger partial charge on any atom is 0.407 e. The molecular weight excluding hydrogens is 278 g/mol. The lowest BCUT2D eigenvalue weighted by atomic mass is 10.1. The SMILES string of the molecule is Cc1cccc(CN[C@@H]2CCC[C@H]2NC(=O)OC(C)(C)C)n1. The van der Waals surface area contributed by atoms with E-state index in [9.17, 15) is 4.79 Å². The number of aryl methyl sites for hydroxylation is 1. The highest BCUT2D eigenvalue weighted by molar-refractivity contribution is 5.68. The van der Waals surface area contributed by atoms with Gasteiger partial charge >= 0.3 is 6.09 Å². The summed E-state index contributed by atoms with van der Waals surface area (Å²) in [5, 5.41) is 6.50. The molecule has 5 heteroatoms. The van der Waals surface area contributed by atoms with E-state index in [1.54, 1.807) is 0 Å². The molecule has 0 radical (unpaired) electrons. The molecule has 0 aromatic carbocycles. The molecule has 1 heterocycles. The van der Waals surface area contributed by atoms with Gasteiger partial charge in [0.25, 0.3) is 0 Å². The van der Waals surface area contributed by atoms with Gasteiger partial charge in [-0.1, -0.05) is 6.07 Å². The summed E-state index contributed by atoms with van der Waals surface area (Å²) >= 11 is 0. The fraction of sp³-hybridized carbons (Fsp3) is 0.647. The zero-order valence-corrected chi connectivity index (χ0v) is 14.0. The normalized spacial score (nSPS) is 21.6. The predicted octanol–water partition coefficient (Wildman–Crippen LogP) is 2.93. The van der Waals surface area contributed by atoms with Crippen molar-refractivity contribution in [1.29, 1.82) is 0 Å². The fourth-order valence-corrected chi connectivity index (χ4v) is 2.77. The summed E-state index contributed by atoms with van der Waals surface area (Å²) in [6.07, 6.45) is 2.82. The third-order valence-electron chi connectivity index (χ3n) is 3.71. The minimum Gasteiger partial charge on any atom is -0.444 e. The van der Waals surface area contributed by atoms with E-state index in [0.29, 0.717) is 0 Å². The van der Waals surface area contributed by atoms with Crippen LogP contribution in [0.3, 0.4) is 0 Å². The van der Waals surface area contributed by atoms with Crippen molar-refractivity contribution < 1.29 is 9.53 Å². The number of ether oxygens (including phenoxy) is 1. The molecular formula is C17H27N3O2. The van der Waals surface area contributed by atoms with Crippen LogP contribution < -0.4 is 10.6 Å². The molecule has 1 aromatic rings. The number of hydrogen-bond acceptors (Lipinski definition) is 4. The number of carbonyl (C=O) groups excluding carboxylic acids is 1. The van der Waals surface area contributed by atoms with Gasteiger partial charge in [0, 0.05) is 24.3 Å². The van der Waals surface area contributed by atoms with Gasteiger partial charge in [0.1, 0.15) is 5.60 Å². The van der Waals surface area contributed by atoms with E-state index in [-0.39, 0.29) is 18.2 Å². The summed E-state index contributed by atoms with van der Waals surface area (Å²) in [5.41, 5.74) is 1.59. The number of carbonyl (C=O) groups is 1. The van der Waals surface area contributed by atoms with E-state index in [1.165, 1.54) is 0 Å². The van der Waals surface area contributed by atoms with Crippen molar-refractivity contribution in [3.8, 4) is 0 Å². The lowest BCUT2D eigenvalue weighted by Gasteiger charge is -2.25. The van der Waals surface area contributed by atoms with Gasteiger partial charge in [0.2, 0.25) is 0 Å². The third kappa shape index (κ3) is 5.30. The molecule has 0 unspecified atom stereocenters. The second-order valence-corrected chi connectivity index (χ2v) is 6.94. The minimum absolute atomic E-state index is 0.125. The van der Waals surface area contributed by atoms with Crippen LogP contribution in [0.15, 0.2) is 18.2 Å². The van der Waals surface area contributed by atoms with Gasteiger partial charge in [0.05, 0.1) is 5.69 Å². The van der Waals surface area contributed by atoms with E-state index in [4.69, 9.17) is 4.74 Å². The van der Waals surface area contributed by atoms with Gasteiger partial charge in [-0.25, -0.2) is 4.79 Å². The van der Waals surface area contributed by atoms with Crippen molar-refractivity contribution in [1.82, 2.24) is 15.6 Å². The van der Waals surface area contributed by atoms with Crippen molar-refractivity contribution in [2.45, 2.75) is 71.2 Å². The van der Waals surface area contributed by atoms with Gasteiger partial charge in [-0.3, -0.25) is 4.98 Å². The molecule has 2 N–H and O–H groups in total. The number of alkyl carbamates (subject to hydrolysis) is 1. The van der Waals surface area contributed by atoms with E-state index in [1.807, 2.05) is 45.9 Å². The Labute approximate surface area is 132 Å². The topological polar surface area (TPSA) is 63.2 Å². The molecule has 0 spiro atoms. The molecule has 1 amide bonds. The molecule has 2 atom stereocenters. The molecule has 1 aliphatic rings. The lowest BCUT2D eigenvalue weighted by Crippen LogP contribution is -2.47. The maximum atomic E-state index is 11.9. The van der Waals surface area contributed by atoms with Crippen LogP contribution in [-0.2, 0) is 11.3 Å². The van der Waals surface area contributed by atoms with Crippen LogP contribution in [0.4, 0.5) is 4.79 Å². The molecule has 0 bridgehead atoms. The van der Waals surface area contributed by atoms with Gasteiger partial charge in [0.15, 0.2) is 0 Å². The Hall–Kier alpha value is -1.62. The monoisotopic (exact) mass is 305 g/mol. The van der Waals surface area contributed by atoms with Crippen LogP contribution in [0.5, 0.6) is 0 Å². The first-order valence-electron chi connectivity index (χ1n) is 7.99. The van der Waals surface area contributed by atoms with Gasteiger partial charge in [-0.15, -0.1) is 0 Å². The molecule has 1 aromatic heterocycles. The summed E-state index contributed by atoms with van der Waals surface area (Å²) in [4.78, 5) is 16.4. The standard InChI is InChI=1S/C17H27N3O2/c1-12-7-5-8-13(19-12)11-18-14-9-6-10-15(14)20-16(21)22-17(2,3)4/h5,7-8,14-15,18H,6,9-11H2,1-4H3,(H,20,21)/t14-,15-/m1/s1. The van der Waals surface area contributed by atoms with Crippen molar-refractivity contribution in [3.05, 3.63) is 29.6 Å². The van der Waals surface area contributed by atoms with E-state index < -0.39 is 5.60 Å². The highest BCUT2D eigenvalue weighted by Crippen LogP contribution is 2.20. The summed E-state index contributed by atoms with van der Waals surface area (Å²) in [6.45, 7) is 8.34. The Kier molecular flexibility index (Phi) is 5.40. The molecule has 5 nitrogen and oxygen atoms in total. The van der Waals surface area contributed by atoms with Crippen LogP contribution in [0, 0.1) is 6.92 Å². The average Bonchev–Trinajstić information content (AvgIpc) is 2.81. The van der Waals surface area contributed by atoms with Crippen LogP contribution in [0.2, 0.25) is 0 Å². The largest absolute Gasteiger partial charge is 0.444 e. The first-order chi connectivity index (χ1) is 10.3. The summed E-state index contributed by atoms with van der Waals surface area (Å²) < 4.78 is 5.34. The molecule has 0 aliphatic heterocycles. The van der Waals surface area contributed by atoms with Gasteiger partial charge in [-0.05, 0) is 59.1 Å². The first kappa shape index (κ1) is 16.7. The fourth-order valence-electron chi connectivity index (χ4n) is 2.77. The molecule has 1 fully saturated rings. The Morgan fingerprint density at radius 2 is 2.05 bits per heavy atom. The Morgan fingerprint density at radius 3 is 2.73 bits per heavy atom. The van der Waals surface area contributed by atoms with Gasteiger partial charge in [-0.2, -0.15) is 0 Å². The summed E-state index contributed by atoms with van der Waals surface area (Å²) in [6, 6.07) is 6.43. The second-order valence-electron chi connectivity index (χ2n) is 6.94. The number of pyridine rings is 1. The number of nitrogens with zero attached hydrogens (tertiary/aromatic N) is 1. The quantitative estimate of drug-likeness (QED) is 0.898. The predicted molar refractivity (Wildman–Crippen MR) is 86.6 cm³/mol. The highest BCUT2D eigenvalue weighted by Gasteiger charge is 2.29. The average molecular weight is 305 g/mol. The van der Waals surface area contributed by atoms with Crippen molar-refractivity contribution in [2.24, 2.45) is 0 Å². The highest BCUT2D eigenvalue weighted by atomic mass is 16.6. The zero-order valence-electron chi connectivity index (χ0n) is 14.0. The smallest absolute Gasteiger partial charge is 0.407 e. The molecule has 1 aliphatic carbocycles. The summed E-state index contributed by atoms with van der Waals surface area (Å²) in [7, 11) is 0. The molecule has 2 rings (SSSR count). The third-order valence-corrected chi connectivity index (χ3v) is 3.71.